The summed E-state index contributed by atoms with van der Waals surface area (Å²) in [6.45, 7) is 2.48. The van der Waals surface area contributed by atoms with E-state index in [1.165, 1.54) is 18.2 Å². The molecule has 0 radical (unpaired) electrons. The molecule has 0 unspecified atom stereocenters. The van der Waals surface area contributed by atoms with E-state index in [2.05, 4.69) is 4.72 Å². The van der Waals surface area contributed by atoms with Gasteiger partial charge in [-0.2, -0.15) is 0 Å². The third-order valence-electron chi connectivity index (χ3n) is 4.78. The van der Waals surface area contributed by atoms with Gasteiger partial charge >= 0.3 is 0 Å². The minimum atomic E-state index is -3.87. The summed E-state index contributed by atoms with van der Waals surface area (Å²) < 4.78 is 41.2. The lowest BCUT2D eigenvalue weighted by atomic mass is 9.97. The van der Waals surface area contributed by atoms with Gasteiger partial charge in [-0.3, -0.25) is 9.52 Å². The first-order valence-corrected chi connectivity index (χ1v) is 9.62. The number of sulfonamides is 1. The maximum absolute atomic E-state index is 13.3. The predicted octanol–water partition coefficient (Wildman–Crippen LogP) is 3.02. The summed E-state index contributed by atoms with van der Waals surface area (Å²) in [6.07, 6.45) is 1.55. The molecular formula is C18H17FN2O3S. The van der Waals surface area contributed by atoms with Gasteiger partial charge in [0.05, 0.1) is 22.2 Å². The standard InChI is InChI=1S/C18H17FN2O3S/c1-11-16-10-15(8-12-4-3-7-21(17(12)16)18(11)22)25(23,24)20-14-6-2-5-13(19)9-14/h2,5-6,8-11,20H,3-4,7H2,1H3/t11-/m1/s1. The molecule has 2 aromatic carbocycles. The van der Waals surface area contributed by atoms with Gasteiger partial charge in [0.25, 0.3) is 10.0 Å². The molecule has 0 aliphatic carbocycles. The van der Waals surface area contributed by atoms with Crippen molar-refractivity contribution in [3.05, 3.63) is 53.3 Å². The van der Waals surface area contributed by atoms with Crippen molar-refractivity contribution >= 4 is 27.3 Å². The largest absolute Gasteiger partial charge is 0.311 e. The second-order valence-electron chi connectivity index (χ2n) is 6.45. The summed E-state index contributed by atoms with van der Waals surface area (Å²) in [5.74, 6) is -0.848. The van der Waals surface area contributed by atoms with E-state index >= 15 is 0 Å². The molecule has 2 aliphatic rings. The van der Waals surface area contributed by atoms with Crippen LogP contribution in [0.5, 0.6) is 0 Å². The Morgan fingerprint density at radius 3 is 2.80 bits per heavy atom. The third-order valence-corrected chi connectivity index (χ3v) is 6.14. The van der Waals surface area contributed by atoms with Gasteiger partial charge in [0, 0.05) is 6.54 Å². The van der Waals surface area contributed by atoms with Crippen molar-refractivity contribution in [2.75, 3.05) is 16.2 Å². The topological polar surface area (TPSA) is 66.5 Å². The van der Waals surface area contributed by atoms with Gasteiger partial charge in [0.15, 0.2) is 0 Å². The lowest BCUT2D eigenvalue weighted by molar-refractivity contribution is -0.119. The van der Waals surface area contributed by atoms with Crippen molar-refractivity contribution in [3.8, 4) is 0 Å². The third kappa shape index (κ3) is 2.59. The second-order valence-corrected chi connectivity index (χ2v) is 8.13. The number of carbonyl (C=O) groups excluding carboxylic acids is 1. The molecule has 0 spiro atoms. The van der Waals surface area contributed by atoms with E-state index in [-0.39, 0.29) is 22.4 Å². The minimum Gasteiger partial charge on any atom is -0.311 e. The van der Waals surface area contributed by atoms with E-state index in [0.717, 1.165) is 35.7 Å². The Balaban J connectivity index is 1.78. The van der Waals surface area contributed by atoms with Crippen LogP contribution in [0, 0.1) is 5.82 Å². The molecule has 0 saturated heterocycles. The highest BCUT2D eigenvalue weighted by Crippen LogP contribution is 2.44. The number of anilines is 2. The van der Waals surface area contributed by atoms with Crippen LogP contribution in [-0.4, -0.2) is 20.9 Å². The molecule has 1 amide bonds. The second kappa shape index (κ2) is 5.56. The Morgan fingerprint density at radius 1 is 1.24 bits per heavy atom. The number of carbonyl (C=O) groups is 1. The van der Waals surface area contributed by atoms with Crippen molar-refractivity contribution < 1.29 is 17.6 Å². The van der Waals surface area contributed by atoms with E-state index in [1.807, 2.05) is 0 Å². The molecule has 130 valence electrons. The number of hydrogen-bond donors (Lipinski definition) is 1. The molecule has 25 heavy (non-hydrogen) atoms. The van der Waals surface area contributed by atoms with Crippen LogP contribution in [0.25, 0.3) is 0 Å². The van der Waals surface area contributed by atoms with Crippen LogP contribution in [0.3, 0.4) is 0 Å². The molecular weight excluding hydrogens is 343 g/mol. The van der Waals surface area contributed by atoms with E-state index in [4.69, 9.17) is 0 Å². The van der Waals surface area contributed by atoms with E-state index in [1.54, 1.807) is 24.0 Å². The quantitative estimate of drug-likeness (QED) is 0.915. The van der Waals surface area contributed by atoms with Gasteiger partial charge in [0.2, 0.25) is 5.91 Å². The van der Waals surface area contributed by atoms with Crippen molar-refractivity contribution in [1.82, 2.24) is 0 Å². The highest BCUT2D eigenvalue weighted by atomic mass is 32.2. The number of halogens is 1. The highest BCUT2D eigenvalue weighted by molar-refractivity contribution is 7.92. The van der Waals surface area contributed by atoms with Crippen LogP contribution in [0.2, 0.25) is 0 Å². The summed E-state index contributed by atoms with van der Waals surface area (Å²) in [4.78, 5) is 14.3. The lowest BCUT2D eigenvalue weighted by Gasteiger charge is -2.26. The summed E-state index contributed by atoms with van der Waals surface area (Å²) in [7, 11) is -3.87. The van der Waals surface area contributed by atoms with E-state index in [0.29, 0.717) is 6.54 Å². The Hall–Kier alpha value is -2.41. The van der Waals surface area contributed by atoms with Crippen LogP contribution < -0.4 is 9.62 Å². The highest BCUT2D eigenvalue weighted by Gasteiger charge is 2.38. The molecule has 5 nitrogen and oxygen atoms in total. The predicted molar refractivity (Wildman–Crippen MR) is 92.7 cm³/mol. The zero-order valence-electron chi connectivity index (χ0n) is 13.6. The van der Waals surface area contributed by atoms with Crippen LogP contribution >= 0.6 is 0 Å². The summed E-state index contributed by atoms with van der Waals surface area (Å²) >= 11 is 0. The van der Waals surface area contributed by atoms with Gasteiger partial charge in [-0.25, -0.2) is 12.8 Å². The fourth-order valence-corrected chi connectivity index (χ4v) is 4.72. The Labute approximate surface area is 145 Å². The van der Waals surface area contributed by atoms with E-state index < -0.39 is 15.8 Å². The first-order chi connectivity index (χ1) is 11.9. The molecule has 2 heterocycles. The zero-order chi connectivity index (χ0) is 17.8. The molecule has 1 atom stereocenters. The van der Waals surface area contributed by atoms with Crippen molar-refractivity contribution in [2.24, 2.45) is 0 Å². The van der Waals surface area contributed by atoms with Gasteiger partial charge < -0.3 is 4.90 Å². The molecule has 1 N–H and O–H groups in total. The zero-order valence-corrected chi connectivity index (χ0v) is 14.4. The normalized spacial score (nSPS) is 19.0. The molecule has 0 aromatic heterocycles. The first kappa shape index (κ1) is 16.1. The van der Waals surface area contributed by atoms with Crippen LogP contribution in [0.1, 0.15) is 30.4 Å². The van der Waals surface area contributed by atoms with Crippen molar-refractivity contribution in [2.45, 2.75) is 30.6 Å². The average molecular weight is 360 g/mol. The van der Waals surface area contributed by atoms with Gasteiger partial charge in [-0.15, -0.1) is 0 Å². The monoisotopic (exact) mass is 360 g/mol. The van der Waals surface area contributed by atoms with Crippen LogP contribution in [0.15, 0.2) is 41.3 Å². The SMILES string of the molecule is C[C@H]1C(=O)N2CCCc3cc(S(=O)(=O)Nc4cccc(F)c4)cc1c32. The van der Waals surface area contributed by atoms with Crippen LogP contribution in [0.4, 0.5) is 15.8 Å². The molecule has 0 bridgehead atoms. The van der Waals surface area contributed by atoms with Crippen molar-refractivity contribution in [1.29, 1.82) is 0 Å². The Kier molecular flexibility index (Phi) is 3.57. The van der Waals surface area contributed by atoms with Crippen LogP contribution in [-0.2, 0) is 21.2 Å². The molecule has 2 aromatic rings. The Morgan fingerprint density at radius 2 is 2.04 bits per heavy atom. The van der Waals surface area contributed by atoms with E-state index in [9.17, 15) is 17.6 Å². The molecule has 4 rings (SSSR count). The number of nitrogens with one attached hydrogen (secondary N) is 1. The molecule has 0 saturated carbocycles. The number of benzene rings is 2. The fraction of sp³-hybridized carbons (Fsp3) is 0.278. The maximum Gasteiger partial charge on any atom is 0.261 e. The number of amides is 1. The smallest absolute Gasteiger partial charge is 0.261 e. The Bertz CT molecular complexity index is 988. The van der Waals surface area contributed by atoms with Gasteiger partial charge in [0.1, 0.15) is 5.82 Å². The molecule has 7 heteroatoms. The summed E-state index contributed by atoms with van der Waals surface area (Å²) in [5, 5.41) is 0. The fourth-order valence-electron chi connectivity index (χ4n) is 3.59. The van der Waals surface area contributed by atoms with Gasteiger partial charge in [-0.05, 0) is 61.2 Å². The maximum atomic E-state index is 13.3. The first-order valence-electron chi connectivity index (χ1n) is 8.13. The van der Waals surface area contributed by atoms with Gasteiger partial charge in [-0.1, -0.05) is 6.07 Å². The minimum absolute atomic E-state index is 0.0172. The lowest BCUT2D eigenvalue weighted by Crippen LogP contribution is -2.32. The molecule has 2 aliphatic heterocycles. The number of hydrogen-bond acceptors (Lipinski definition) is 3. The van der Waals surface area contributed by atoms with Crippen molar-refractivity contribution in [3.63, 3.8) is 0 Å². The number of nitrogens with zero attached hydrogens (tertiary/aromatic N) is 1. The number of aryl methyl sites for hydroxylation is 1. The average Bonchev–Trinajstić information content (AvgIpc) is 2.81. The number of rotatable bonds is 3. The summed E-state index contributed by atoms with van der Waals surface area (Å²) in [6, 6.07) is 8.50. The molecule has 0 fully saturated rings. The summed E-state index contributed by atoms with van der Waals surface area (Å²) in [5.41, 5.74) is 2.66.